The molecule has 0 saturated heterocycles. The number of carbonyl (C=O) groups is 5. The van der Waals surface area contributed by atoms with Crippen LogP contribution in [0.15, 0.2) is 46.1 Å². The molecule has 2 aromatic rings. The lowest BCUT2D eigenvalue weighted by Crippen LogP contribution is -2.54. The second-order valence-corrected chi connectivity index (χ2v) is 8.43. The van der Waals surface area contributed by atoms with Gasteiger partial charge in [-0.2, -0.15) is 0 Å². The molecule has 0 spiro atoms. The quantitative estimate of drug-likeness (QED) is 0.285. The molecule has 0 fully saturated rings. The number of esters is 5. The van der Waals surface area contributed by atoms with Crippen molar-refractivity contribution in [2.45, 2.75) is 65.6 Å². The van der Waals surface area contributed by atoms with Crippen molar-refractivity contribution in [1.82, 2.24) is 4.57 Å². The second-order valence-electron chi connectivity index (χ2n) is 8.43. The van der Waals surface area contributed by atoms with Crippen LogP contribution in [0.25, 0.3) is 10.8 Å². The predicted octanol–water partition coefficient (Wildman–Crippen LogP) is 0.652. The minimum absolute atomic E-state index is 0.0716. The fraction of sp³-hybridized carbons (Fsp3) is 0.423. The minimum Gasteiger partial charge on any atom is -0.462 e. The Morgan fingerprint density at radius 1 is 0.667 bits per heavy atom. The van der Waals surface area contributed by atoms with Crippen molar-refractivity contribution in [3.8, 4) is 0 Å². The van der Waals surface area contributed by atoms with Gasteiger partial charge in [0, 0.05) is 52.3 Å². The van der Waals surface area contributed by atoms with Gasteiger partial charge in [0.05, 0.1) is 11.9 Å². The first kappa shape index (κ1) is 30.7. The Labute approximate surface area is 222 Å². The molecule has 0 aliphatic carbocycles. The van der Waals surface area contributed by atoms with Gasteiger partial charge in [0.25, 0.3) is 5.56 Å². The van der Waals surface area contributed by atoms with Crippen LogP contribution in [0.4, 0.5) is 0 Å². The summed E-state index contributed by atoms with van der Waals surface area (Å²) >= 11 is 0. The molecule has 0 aliphatic heterocycles. The zero-order valence-corrected chi connectivity index (χ0v) is 22.0. The summed E-state index contributed by atoms with van der Waals surface area (Å²) in [5.74, 6) is -4.26. The fourth-order valence-electron chi connectivity index (χ4n) is 3.81. The third kappa shape index (κ3) is 9.05. The third-order valence-electron chi connectivity index (χ3n) is 5.21. The van der Waals surface area contributed by atoms with Crippen LogP contribution in [0.1, 0.15) is 34.6 Å². The maximum atomic E-state index is 13.3. The van der Waals surface area contributed by atoms with Crippen LogP contribution in [0.2, 0.25) is 0 Å². The van der Waals surface area contributed by atoms with Crippen molar-refractivity contribution >= 4 is 40.6 Å². The summed E-state index contributed by atoms with van der Waals surface area (Å²) in [5, 5.41) is 0.221. The van der Waals surface area contributed by atoms with Gasteiger partial charge in [0.1, 0.15) is 6.61 Å². The van der Waals surface area contributed by atoms with E-state index in [0.29, 0.717) is 0 Å². The van der Waals surface area contributed by atoms with Crippen LogP contribution >= 0.6 is 0 Å². The van der Waals surface area contributed by atoms with Gasteiger partial charge in [0.15, 0.2) is 29.8 Å². The molecule has 1 aromatic carbocycles. The standard InChI is InChI=1S/C26H29NO12/c1-14(28)35-13-23(37-16(3)30)25(39-18(5)32)24(38-17(4)31)22(36-15(2)29)12-27-11-10-21(33)19-8-6-7-9-20(19)26(27)34/h6-11,22-25H,12-13H2,1-5H3/t22-,23-,24-,25-/m1/s1. The van der Waals surface area contributed by atoms with E-state index in [0.717, 1.165) is 45.3 Å². The van der Waals surface area contributed by atoms with Crippen molar-refractivity contribution in [3.05, 3.63) is 57.1 Å². The first-order valence-electron chi connectivity index (χ1n) is 11.7. The lowest BCUT2D eigenvalue weighted by Gasteiger charge is -2.35. The van der Waals surface area contributed by atoms with Crippen LogP contribution in [0.3, 0.4) is 0 Å². The summed E-state index contributed by atoms with van der Waals surface area (Å²) < 4.78 is 27.3. The Bertz CT molecular complexity index is 1360. The average Bonchev–Trinajstić information content (AvgIpc) is 2.95. The molecule has 1 aromatic heterocycles. The summed E-state index contributed by atoms with van der Waals surface area (Å²) in [5.41, 5.74) is -1.08. The number of fused-ring (bicyclic) bond motifs is 1. The molecule has 210 valence electrons. The summed E-state index contributed by atoms with van der Waals surface area (Å²) in [6, 6.07) is 7.21. The van der Waals surface area contributed by atoms with Crippen molar-refractivity contribution in [2.75, 3.05) is 6.61 Å². The van der Waals surface area contributed by atoms with Gasteiger partial charge in [-0.25, -0.2) is 0 Å². The first-order valence-corrected chi connectivity index (χ1v) is 11.7. The van der Waals surface area contributed by atoms with Crippen molar-refractivity contribution in [1.29, 1.82) is 0 Å². The summed E-state index contributed by atoms with van der Waals surface area (Å²) in [6.45, 7) is 4.16. The molecule has 0 amide bonds. The molecule has 0 saturated carbocycles. The van der Waals surface area contributed by atoms with E-state index in [2.05, 4.69) is 0 Å². The Morgan fingerprint density at radius 3 is 1.67 bits per heavy atom. The zero-order chi connectivity index (χ0) is 29.3. The Kier molecular flexibility index (Phi) is 10.9. The van der Waals surface area contributed by atoms with Crippen LogP contribution in [0, 0.1) is 0 Å². The van der Waals surface area contributed by atoms with Crippen LogP contribution in [0.5, 0.6) is 0 Å². The molecule has 39 heavy (non-hydrogen) atoms. The van der Waals surface area contributed by atoms with Gasteiger partial charge in [-0.3, -0.25) is 33.6 Å². The normalized spacial score (nSPS) is 13.8. The van der Waals surface area contributed by atoms with E-state index in [4.69, 9.17) is 23.7 Å². The van der Waals surface area contributed by atoms with Gasteiger partial charge >= 0.3 is 29.8 Å². The van der Waals surface area contributed by atoms with E-state index in [9.17, 15) is 33.6 Å². The van der Waals surface area contributed by atoms with E-state index < -0.39 is 78.4 Å². The van der Waals surface area contributed by atoms with Gasteiger partial charge in [-0.15, -0.1) is 0 Å². The highest BCUT2D eigenvalue weighted by atomic mass is 16.6. The topological polar surface area (TPSA) is 171 Å². The summed E-state index contributed by atoms with van der Waals surface area (Å²) in [4.78, 5) is 85.4. The maximum absolute atomic E-state index is 13.3. The number of aromatic nitrogens is 1. The number of carbonyl (C=O) groups excluding carboxylic acids is 5. The minimum atomic E-state index is -1.66. The molecular formula is C26H29NO12. The van der Waals surface area contributed by atoms with Crippen LogP contribution in [-0.2, 0) is 54.2 Å². The molecule has 2 rings (SSSR count). The fourth-order valence-corrected chi connectivity index (χ4v) is 3.81. The molecule has 0 bridgehead atoms. The maximum Gasteiger partial charge on any atom is 0.303 e. The highest BCUT2D eigenvalue weighted by Crippen LogP contribution is 2.21. The number of ether oxygens (including phenoxy) is 5. The first-order chi connectivity index (χ1) is 18.3. The van der Waals surface area contributed by atoms with Crippen molar-refractivity contribution in [3.63, 3.8) is 0 Å². The zero-order valence-electron chi connectivity index (χ0n) is 22.0. The van der Waals surface area contributed by atoms with E-state index in [1.807, 2.05) is 0 Å². The average molecular weight is 548 g/mol. The third-order valence-corrected chi connectivity index (χ3v) is 5.21. The summed E-state index contributed by atoms with van der Waals surface area (Å²) in [7, 11) is 0. The molecule has 0 N–H and O–H groups in total. The van der Waals surface area contributed by atoms with Crippen LogP contribution < -0.4 is 11.0 Å². The van der Waals surface area contributed by atoms with E-state index in [1.54, 1.807) is 12.1 Å². The van der Waals surface area contributed by atoms with Gasteiger partial charge in [0.2, 0.25) is 0 Å². The number of rotatable bonds is 11. The van der Waals surface area contributed by atoms with E-state index in [-0.39, 0.29) is 10.8 Å². The van der Waals surface area contributed by atoms with Crippen LogP contribution in [-0.4, -0.2) is 65.4 Å². The number of hydrogen-bond acceptors (Lipinski definition) is 12. The molecular weight excluding hydrogens is 518 g/mol. The Balaban J connectivity index is 2.71. The lowest BCUT2D eigenvalue weighted by atomic mass is 10.0. The highest BCUT2D eigenvalue weighted by molar-refractivity contribution is 5.80. The molecule has 0 aliphatic rings. The lowest BCUT2D eigenvalue weighted by molar-refractivity contribution is -0.203. The highest BCUT2D eigenvalue weighted by Gasteiger charge is 2.44. The van der Waals surface area contributed by atoms with Gasteiger partial charge < -0.3 is 28.3 Å². The molecule has 4 atom stereocenters. The second kappa shape index (κ2) is 13.8. The molecule has 13 heteroatoms. The Morgan fingerprint density at radius 2 is 1.15 bits per heavy atom. The summed E-state index contributed by atoms with van der Waals surface area (Å²) in [6.07, 6.45) is -5.16. The molecule has 0 radical (unpaired) electrons. The SMILES string of the molecule is CC(=O)OC[C@@H](OC(C)=O)[C@@H](OC(C)=O)[C@H](OC(C)=O)[C@@H](Cn1ccc(=O)c2ccccc2c1=O)OC(C)=O. The van der Waals surface area contributed by atoms with Gasteiger partial charge in [-0.05, 0) is 6.07 Å². The van der Waals surface area contributed by atoms with Crippen molar-refractivity contribution in [2.24, 2.45) is 0 Å². The van der Waals surface area contributed by atoms with Gasteiger partial charge in [-0.1, -0.05) is 18.2 Å². The molecule has 1 heterocycles. The Hall–Kier alpha value is -4.55. The molecule has 0 unspecified atom stereocenters. The van der Waals surface area contributed by atoms with Crippen molar-refractivity contribution < 1.29 is 47.7 Å². The van der Waals surface area contributed by atoms with E-state index in [1.165, 1.54) is 18.3 Å². The number of hydrogen-bond donors (Lipinski definition) is 0. The number of nitrogens with zero attached hydrogens (tertiary/aromatic N) is 1. The smallest absolute Gasteiger partial charge is 0.303 e. The van der Waals surface area contributed by atoms with E-state index >= 15 is 0 Å². The largest absolute Gasteiger partial charge is 0.462 e. The monoisotopic (exact) mass is 547 g/mol. The molecule has 13 nitrogen and oxygen atoms in total. The number of benzene rings is 1. The predicted molar refractivity (Wildman–Crippen MR) is 133 cm³/mol.